The van der Waals surface area contributed by atoms with Crippen LogP contribution in [0.3, 0.4) is 0 Å². The van der Waals surface area contributed by atoms with Gasteiger partial charge in [-0.1, -0.05) is 5.21 Å². The molecule has 1 fully saturated rings. The molecular formula is C8H14N4O2S. The average Bonchev–Trinajstić information content (AvgIpc) is 2.53. The Hall–Kier alpha value is -0.950. The highest BCUT2D eigenvalue weighted by Gasteiger charge is 2.38. The van der Waals surface area contributed by atoms with E-state index in [9.17, 15) is 8.42 Å². The molecule has 0 unspecified atom stereocenters. The van der Waals surface area contributed by atoms with Crippen LogP contribution in [-0.4, -0.2) is 46.1 Å². The largest absolute Gasteiger partial charge is 0.247 e. The lowest BCUT2D eigenvalue weighted by Crippen LogP contribution is -2.52. The smallest absolute Gasteiger partial charge is 0.216 e. The molecule has 1 aliphatic heterocycles. The number of hydrogen-bond donors (Lipinski definition) is 0. The first kappa shape index (κ1) is 10.6. The van der Waals surface area contributed by atoms with Gasteiger partial charge in [-0.2, -0.15) is 4.31 Å². The Bertz CT molecular complexity index is 420. The van der Waals surface area contributed by atoms with Crippen molar-refractivity contribution in [3.63, 3.8) is 0 Å². The van der Waals surface area contributed by atoms with Crippen molar-refractivity contribution in [2.75, 3.05) is 13.1 Å². The van der Waals surface area contributed by atoms with Gasteiger partial charge >= 0.3 is 0 Å². The maximum absolute atomic E-state index is 11.7. The molecule has 0 N–H and O–H groups in total. The summed E-state index contributed by atoms with van der Waals surface area (Å²) in [4.78, 5) is 0. The zero-order valence-corrected chi connectivity index (χ0v) is 9.55. The van der Waals surface area contributed by atoms with E-state index in [0.717, 1.165) is 0 Å². The average molecular weight is 230 g/mol. The molecule has 0 spiro atoms. The summed E-state index contributed by atoms with van der Waals surface area (Å²) in [6, 6.07) is 0.140. The monoisotopic (exact) mass is 230 g/mol. The van der Waals surface area contributed by atoms with Gasteiger partial charge in [-0.15, -0.1) is 5.10 Å². The van der Waals surface area contributed by atoms with Gasteiger partial charge in [0.05, 0.1) is 17.5 Å². The second-order valence-electron chi connectivity index (χ2n) is 3.95. The molecule has 1 aliphatic rings. The fourth-order valence-electron chi connectivity index (χ4n) is 1.50. The Morgan fingerprint density at radius 2 is 2.07 bits per heavy atom. The topological polar surface area (TPSA) is 68.1 Å². The molecule has 1 saturated heterocycles. The van der Waals surface area contributed by atoms with Crippen LogP contribution in [0, 0.1) is 0 Å². The molecule has 7 heteroatoms. The van der Waals surface area contributed by atoms with Crippen molar-refractivity contribution < 1.29 is 8.42 Å². The van der Waals surface area contributed by atoms with Crippen LogP contribution in [-0.2, 0) is 10.0 Å². The second kappa shape index (κ2) is 3.57. The normalized spacial score (nSPS) is 19.4. The van der Waals surface area contributed by atoms with Crippen LogP contribution in [0.15, 0.2) is 12.4 Å². The maximum atomic E-state index is 11.7. The van der Waals surface area contributed by atoms with Crippen LogP contribution in [0.5, 0.6) is 0 Å². The summed E-state index contributed by atoms with van der Waals surface area (Å²) in [5, 5.41) is 7.18. The molecule has 2 rings (SSSR count). The molecule has 2 heterocycles. The van der Waals surface area contributed by atoms with Crippen molar-refractivity contribution in [3.05, 3.63) is 12.4 Å². The van der Waals surface area contributed by atoms with Gasteiger partial charge in [0.15, 0.2) is 0 Å². The predicted octanol–water partition coefficient (Wildman–Crippen LogP) is -0.127. The first-order valence-electron chi connectivity index (χ1n) is 4.86. The fourth-order valence-corrected chi connectivity index (χ4v) is 2.86. The van der Waals surface area contributed by atoms with Crippen LogP contribution in [0.2, 0.25) is 0 Å². The summed E-state index contributed by atoms with van der Waals surface area (Å²) in [6.45, 7) is 4.39. The Labute approximate surface area is 88.9 Å². The maximum Gasteiger partial charge on any atom is 0.216 e. The highest BCUT2D eigenvalue weighted by Crippen LogP contribution is 2.25. The quantitative estimate of drug-likeness (QED) is 0.725. The zero-order chi connectivity index (χ0) is 11.1. The molecule has 0 aliphatic carbocycles. The van der Waals surface area contributed by atoms with E-state index in [4.69, 9.17) is 0 Å². The minimum atomic E-state index is -3.09. The van der Waals surface area contributed by atoms with Gasteiger partial charge in [-0.3, -0.25) is 0 Å². The molecule has 0 bridgehead atoms. The number of hydrogen-bond acceptors (Lipinski definition) is 4. The molecular weight excluding hydrogens is 216 g/mol. The summed E-state index contributed by atoms with van der Waals surface area (Å²) in [7, 11) is -3.09. The van der Waals surface area contributed by atoms with E-state index in [2.05, 4.69) is 10.3 Å². The Morgan fingerprint density at radius 1 is 1.40 bits per heavy atom. The molecule has 84 valence electrons. The summed E-state index contributed by atoms with van der Waals surface area (Å²) in [6.07, 6.45) is 3.35. The first-order valence-corrected chi connectivity index (χ1v) is 6.37. The molecule has 0 aromatic carbocycles. The lowest BCUT2D eigenvalue weighted by atomic mass is 10.2. The molecule has 0 atom stereocenters. The molecule has 15 heavy (non-hydrogen) atoms. The summed E-state index contributed by atoms with van der Waals surface area (Å²) in [5.74, 6) is 0. The minimum Gasteiger partial charge on any atom is -0.247 e. The standard InChI is InChI=1S/C8H14N4O2S/c1-7(2)15(13,14)11-5-8(6-11)12-4-3-9-10-12/h3-4,7-8H,5-6H2,1-2H3. The highest BCUT2D eigenvalue weighted by molar-refractivity contribution is 7.89. The van der Waals surface area contributed by atoms with Crippen LogP contribution in [0.4, 0.5) is 0 Å². The van der Waals surface area contributed by atoms with Crippen molar-refractivity contribution in [1.82, 2.24) is 19.3 Å². The van der Waals surface area contributed by atoms with Crippen molar-refractivity contribution >= 4 is 10.0 Å². The lowest BCUT2D eigenvalue weighted by molar-refractivity contribution is 0.187. The van der Waals surface area contributed by atoms with Gasteiger partial charge in [0.2, 0.25) is 10.0 Å². The van der Waals surface area contributed by atoms with Gasteiger partial charge in [0.25, 0.3) is 0 Å². The summed E-state index contributed by atoms with van der Waals surface area (Å²) in [5.41, 5.74) is 0. The van der Waals surface area contributed by atoms with E-state index in [1.807, 2.05) is 0 Å². The third-order valence-electron chi connectivity index (χ3n) is 2.60. The summed E-state index contributed by atoms with van der Waals surface area (Å²) >= 11 is 0. The molecule has 0 saturated carbocycles. The number of nitrogens with zero attached hydrogens (tertiary/aromatic N) is 4. The van der Waals surface area contributed by atoms with Crippen LogP contribution < -0.4 is 0 Å². The zero-order valence-electron chi connectivity index (χ0n) is 8.74. The van der Waals surface area contributed by atoms with Crippen molar-refractivity contribution in [2.45, 2.75) is 25.1 Å². The van der Waals surface area contributed by atoms with Gasteiger partial charge in [-0.25, -0.2) is 13.1 Å². The van der Waals surface area contributed by atoms with Crippen molar-refractivity contribution in [2.24, 2.45) is 0 Å². The molecule has 1 aromatic heterocycles. The first-order chi connectivity index (χ1) is 7.01. The molecule has 0 amide bonds. The van der Waals surface area contributed by atoms with Gasteiger partial charge in [-0.05, 0) is 13.8 Å². The number of rotatable bonds is 3. The van der Waals surface area contributed by atoms with Crippen LogP contribution >= 0.6 is 0 Å². The summed E-state index contributed by atoms with van der Waals surface area (Å²) < 4.78 is 26.6. The number of aromatic nitrogens is 3. The van der Waals surface area contributed by atoms with Crippen molar-refractivity contribution in [1.29, 1.82) is 0 Å². The highest BCUT2D eigenvalue weighted by atomic mass is 32.2. The Balaban J connectivity index is 2.00. The Kier molecular flexibility index (Phi) is 2.51. The van der Waals surface area contributed by atoms with E-state index in [1.165, 1.54) is 4.31 Å². The second-order valence-corrected chi connectivity index (χ2v) is 6.44. The van der Waals surface area contributed by atoms with Crippen molar-refractivity contribution in [3.8, 4) is 0 Å². The molecule has 1 aromatic rings. The third kappa shape index (κ3) is 1.76. The van der Waals surface area contributed by atoms with Gasteiger partial charge in [0, 0.05) is 19.3 Å². The van der Waals surface area contributed by atoms with E-state index < -0.39 is 10.0 Å². The third-order valence-corrected chi connectivity index (χ3v) is 4.81. The molecule has 0 radical (unpaired) electrons. The van der Waals surface area contributed by atoms with E-state index in [-0.39, 0.29) is 11.3 Å². The fraction of sp³-hybridized carbons (Fsp3) is 0.750. The number of sulfonamides is 1. The minimum absolute atomic E-state index is 0.140. The lowest BCUT2D eigenvalue weighted by Gasteiger charge is -2.38. The molecule has 6 nitrogen and oxygen atoms in total. The van der Waals surface area contributed by atoms with E-state index >= 15 is 0 Å². The Morgan fingerprint density at radius 3 is 2.53 bits per heavy atom. The van der Waals surface area contributed by atoms with Gasteiger partial charge in [0.1, 0.15) is 0 Å². The van der Waals surface area contributed by atoms with E-state index in [0.29, 0.717) is 13.1 Å². The van der Waals surface area contributed by atoms with Gasteiger partial charge < -0.3 is 0 Å². The van der Waals surface area contributed by atoms with Crippen LogP contribution in [0.25, 0.3) is 0 Å². The SMILES string of the molecule is CC(C)S(=O)(=O)N1CC(n2ccnn2)C1. The van der Waals surface area contributed by atoms with E-state index in [1.54, 1.807) is 30.9 Å². The predicted molar refractivity (Wildman–Crippen MR) is 54.7 cm³/mol. The van der Waals surface area contributed by atoms with Crippen LogP contribution in [0.1, 0.15) is 19.9 Å².